The maximum absolute atomic E-state index is 4.15. The van der Waals surface area contributed by atoms with E-state index in [0.717, 1.165) is 31.9 Å². The Morgan fingerprint density at radius 1 is 1.16 bits per heavy atom. The molecule has 0 atom stereocenters. The van der Waals surface area contributed by atoms with Crippen LogP contribution in [0.2, 0.25) is 0 Å². The Kier molecular flexibility index (Phi) is 7.01. The van der Waals surface area contributed by atoms with Gasteiger partial charge in [-0.25, -0.2) is 0 Å². The fourth-order valence-corrected chi connectivity index (χ4v) is 1.96. The van der Waals surface area contributed by atoms with Crippen LogP contribution in [-0.4, -0.2) is 26.1 Å². The number of guanidine groups is 1. The molecule has 0 fully saturated rings. The highest BCUT2D eigenvalue weighted by Crippen LogP contribution is 2.15. The molecule has 1 aromatic carbocycles. The van der Waals surface area contributed by atoms with Crippen molar-refractivity contribution in [2.75, 3.05) is 20.1 Å². The van der Waals surface area contributed by atoms with Gasteiger partial charge in [0, 0.05) is 20.1 Å². The molecular weight excluding hydrogens is 234 g/mol. The molecule has 0 bridgehead atoms. The van der Waals surface area contributed by atoms with Gasteiger partial charge in [0.05, 0.1) is 0 Å². The number of rotatable bonds is 6. The SMILES string of the molecule is CCNC(=NC)NCCCc1ccc(C(C)C)cc1. The van der Waals surface area contributed by atoms with Gasteiger partial charge in [0.2, 0.25) is 0 Å². The lowest BCUT2D eigenvalue weighted by molar-refractivity contribution is 0.747. The third-order valence-corrected chi connectivity index (χ3v) is 3.15. The molecule has 0 aromatic heterocycles. The molecule has 0 unspecified atom stereocenters. The molecular formula is C16H27N3. The predicted octanol–water partition coefficient (Wildman–Crippen LogP) is 2.93. The average Bonchev–Trinajstić information content (AvgIpc) is 2.42. The summed E-state index contributed by atoms with van der Waals surface area (Å²) in [5.41, 5.74) is 2.82. The smallest absolute Gasteiger partial charge is 0.190 e. The monoisotopic (exact) mass is 261 g/mol. The first-order valence-electron chi connectivity index (χ1n) is 7.20. The zero-order valence-electron chi connectivity index (χ0n) is 12.7. The Morgan fingerprint density at radius 2 is 1.84 bits per heavy atom. The average molecular weight is 261 g/mol. The van der Waals surface area contributed by atoms with Crippen LogP contribution in [0, 0.1) is 0 Å². The van der Waals surface area contributed by atoms with Crippen LogP contribution in [0.4, 0.5) is 0 Å². The minimum Gasteiger partial charge on any atom is -0.357 e. The Hall–Kier alpha value is -1.51. The second kappa shape index (κ2) is 8.57. The maximum Gasteiger partial charge on any atom is 0.190 e. The summed E-state index contributed by atoms with van der Waals surface area (Å²) < 4.78 is 0. The van der Waals surface area contributed by atoms with Gasteiger partial charge in [-0.2, -0.15) is 0 Å². The fourth-order valence-electron chi connectivity index (χ4n) is 1.96. The molecule has 0 spiro atoms. The van der Waals surface area contributed by atoms with E-state index in [1.165, 1.54) is 11.1 Å². The topological polar surface area (TPSA) is 36.4 Å². The first kappa shape index (κ1) is 15.5. The maximum atomic E-state index is 4.15. The lowest BCUT2D eigenvalue weighted by Gasteiger charge is -2.10. The van der Waals surface area contributed by atoms with Gasteiger partial charge in [-0.3, -0.25) is 4.99 Å². The van der Waals surface area contributed by atoms with E-state index < -0.39 is 0 Å². The van der Waals surface area contributed by atoms with E-state index in [0.29, 0.717) is 5.92 Å². The van der Waals surface area contributed by atoms with Crippen molar-refractivity contribution in [3.05, 3.63) is 35.4 Å². The Morgan fingerprint density at radius 3 is 2.37 bits per heavy atom. The van der Waals surface area contributed by atoms with Gasteiger partial charge in [-0.05, 0) is 36.8 Å². The zero-order chi connectivity index (χ0) is 14.1. The molecule has 3 nitrogen and oxygen atoms in total. The number of benzene rings is 1. The van der Waals surface area contributed by atoms with Crippen LogP contribution < -0.4 is 10.6 Å². The van der Waals surface area contributed by atoms with Crippen molar-refractivity contribution in [2.45, 2.75) is 39.5 Å². The standard InChI is InChI=1S/C16H27N3/c1-5-18-16(17-4)19-12-6-7-14-8-10-15(11-9-14)13(2)3/h8-11,13H,5-7,12H2,1-4H3,(H2,17,18,19). The fraction of sp³-hybridized carbons (Fsp3) is 0.562. The van der Waals surface area contributed by atoms with Crippen molar-refractivity contribution >= 4 is 5.96 Å². The van der Waals surface area contributed by atoms with Crippen LogP contribution in [0.5, 0.6) is 0 Å². The number of nitrogens with one attached hydrogen (secondary N) is 2. The summed E-state index contributed by atoms with van der Waals surface area (Å²) in [6, 6.07) is 8.97. The minimum atomic E-state index is 0.610. The molecule has 1 rings (SSSR count). The highest BCUT2D eigenvalue weighted by atomic mass is 15.2. The zero-order valence-corrected chi connectivity index (χ0v) is 12.7. The minimum absolute atomic E-state index is 0.610. The summed E-state index contributed by atoms with van der Waals surface area (Å²) in [6.07, 6.45) is 2.22. The van der Waals surface area contributed by atoms with Gasteiger partial charge >= 0.3 is 0 Å². The van der Waals surface area contributed by atoms with Gasteiger partial charge in [0.25, 0.3) is 0 Å². The van der Waals surface area contributed by atoms with Gasteiger partial charge < -0.3 is 10.6 Å². The van der Waals surface area contributed by atoms with Crippen molar-refractivity contribution in [2.24, 2.45) is 4.99 Å². The quantitative estimate of drug-likeness (QED) is 0.469. The largest absolute Gasteiger partial charge is 0.357 e. The summed E-state index contributed by atoms with van der Waals surface area (Å²) in [6.45, 7) is 8.38. The predicted molar refractivity (Wildman–Crippen MR) is 83.9 cm³/mol. The van der Waals surface area contributed by atoms with Gasteiger partial charge in [0.1, 0.15) is 0 Å². The second-order valence-corrected chi connectivity index (χ2v) is 5.03. The first-order chi connectivity index (χ1) is 9.17. The van der Waals surface area contributed by atoms with Gasteiger partial charge in [0.15, 0.2) is 5.96 Å². The molecule has 19 heavy (non-hydrogen) atoms. The number of aliphatic imine (C=N–C) groups is 1. The normalized spacial score (nSPS) is 11.7. The van der Waals surface area contributed by atoms with Crippen LogP contribution in [0.1, 0.15) is 44.2 Å². The van der Waals surface area contributed by atoms with Crippen LogP contribution in [0.3, 0.4) is 0 Å². The van der Waals surface area contributed by atoms with E-state index in [1.807, 2.05) is 0 Å². The molecule has 3 heteroatoms. The molecule has 1 aromatic rings. The molecule has 106 valence electrons. The van der Waals surface area contributed by atoms with Crippen molar-refractivity contribution in [3.8, 4) is 0 Å². The van der Waals surface area contributed by atoms with E-state index in [-0.39, 0.29) is 0 Å². The van der Waals surface area contributed by atoms with Crippen LogP contribution in [0.25, 0.3) is 0 Å². The number of nitrogens with zero attached hydrogens (tertiary/aromatic N) is 1. The van der Waals surface area contributed by atoms with Crippen molar-refractivity contribution in [1.29, 1.82) is 0 Å². The summed E-state index contributed by atoms with van der Waals surface area (Å²) in [5, 5.41) is 6.50. The number of aryl methyl sites for hydroxylation is 1. The molecule has 0 saturated heterocycles. The third kappa shape index (κ3) is 5.77. The molecule has 0 aliphatic carbocycles. The van der Waals surface area contributed by atoms with E-state index in [1.54, 1.807) is 7.05 Å². The first-order valence-corrected chi connectivity index (χ1v) is 7.20. The van der Waals surface area contributed by atoms with Gasteiger partial charge in [-0.15, -0.1) is 0 Å². The molecule has 0 aliphatic rings. The Balaban J connectivity index is 2.29. The van der Waals surface area contributed by atoms with E-state index in [4.69, 9.17) is 0 Å². The molecule has 0 aliphatic heterocycles. The number of hydrogen-bond donors (Lipinski definition) is 2. The summed E-state index contributed by atoms with van der Waals surface area (Å²) in [7, 11) is 1.80. The Labute approximate surface area is 117 Å². The van der Waals surface area contributed by atoms with E-state index in [9.17, 15) is 0 Å². The number of hydrogen-bond acceptors (Lipinski definition) is 1. The van der Waals surface area contributed by atoms with Crippen molar-refractivity contribution in [3.63, 3.8) is 0 Å². The Bertz CT molecular complexity index is 379. The highest BCUT2D eigenvalue weighted by Gasteiger charge is 1.99. The van der Waals surface area contributed by atoms with Crippen LogP contribution in [-0.2, 0) is 6.42 Å². The lowest BCUT2D eigenvalue weighted by atomic mass is 10.0. The molecule has 0 saturated carbocycles. The third-order valence-electron chi connectivity index (χ3n) is 3.15. The summed E-state index contributed by atoms with van der Waals surface area (Å²) >= 11 is 0. The highest BCUT2D eigenvalue weighted by molar-refractivity contribution is 5.79. The summed E-state index contributed by atoms with van der Waals surface area (Å²) in [4.78, 5) is 4.15. The lowest BCUT2D eigenvalue weighted by Crippen LogP contribution is -2.37. The second-order valence-electron chi connectivity index (χ2n) is 5.03. The molecule has 0 heterocycles. The van der Waals surface area contributed by atoms with Crippen LogP contribution in [0.15, 0.2) is 29.3 Å². The molecule has 2 N–H and O–H groups in total. The van der Waals surface area contributed by atoms with Crippen molar-refractivity contribution in [1.82, 2.24) is 10.6 Å². The van der Waals surface area contributed by atoms with E-state index >= 15 is 0 Å². The summed E-state index contributed by atoms with van der Waals surface area (Å²) in [5.74, 6) is 1.50. The molecule has 0 radical (unpaired) electrons. The van der Waals surface area contributed by atoms with Crippen molar-refractivity contribution < 1.29 is 0 Å². The van der Waals surface area contributed by atoms with Gasteiger partial charge in [-0.1, -0.05) is 38.1 Å². The van der Waals surface area contributed by atoms with E-state index in [2.05, 4.69) is 60.7 Å². The molecule has 0 amide bonds. The van der Waals surface area contributed by atoms with Crippen LogP contribution >= 0.6 is 0 Å².